The fraction of sp³-hybridized carbons (Fsp3) is 0.500. The van der Waals surface area contributed by atoms with E-state index in [1.165, 1.54) is 22.4 Å². The highest BCUT2D eigenvalue weighted by molar-refractivity contribution is 7.99. The smallest absolute Gasteiger partial charge is 0.0425 e. The Bertz CT molecular complexity index is 316. The zero-order valence-corrected chi connectivity index (χ0v) is 9.66. The number of hydrogen-bond acceptors (Lipinski definition) is 2. The minimum absolute atomic E-state index is 0.656. The quantitative estimate of drug-likeness (QED) is 0.760. The Labute approximate surface area is 90.3 Å². The Morgan fingerprint density at radius 3 is 2.93 bits per heavy atom. The first-order valence-electron chi connectivity index (χ1n) is 5.17. The first-order valence-corrected chi connectivity index (χ1v) is 6.22. The molecule has 1 aliphatic heterocycles. The SMILES string of the molecule is Cc1ccc(C)c(C2CNCCS2)c1. The summed E-state index contributed by atoms with van der Waals surface area (Å²) in [6.07, 6.45) is 0. The highest BCUT2D eigenvalue weighted by Gasteiger charge is 2.17. The molecule has 1 N–H and O–H groups in total. The molecule has 1 atom stereocenters. The van der Waals surface area contributed by atoms with E-state index in [1.807, 2.05) is 0 Å². The second kappa shape index (κ2) is 4.37. The number of hydrogen-bond donors (Lipinski definition) is 1. The van der Waals surface area contributed by atoms with Gasteiger partial charge in [-0.1, -0.05) is 23.8 Å². The van der Waals surface area contributed by atoms with Crippen LogP contribution in [0.1, 0.15) is 21.9 Å². The van der Waals surface area contributed by atoms with Gasteiger partial charge in [-0.05, 0) is 25.0 Å². The minimum Gasteiger partial charge on any atom is -0.314 e. The van der Waals surface area contributed by atoms with E-state index in [9.17, 15) is 0 Å². The van der Waals surface area contributed by atoms with E-state index in [1.54, 1.807) is 0 Å². The lowest BCUT2D eigenvalue weighted by atomic mass is 10.0. The molecule has 0 saturated carbocycles. The van der Waals surface area contributed by atoms with Crippen molar-refractivity contribution in [3.8, 4) is 0 Å². The van der Waals surface area contributed by atoms with Crippen LogP contribution in [0.5, 0.6) is 0 Å². The summed E-state index contributed by atoms with van der Waals surface area (Å²) in [4.78, 5) is 0. The molecule has 2 rings (SSSR count). The Morgan fingerprint density at radius 2 is 2.21 bits per heavy atom. The van der Waals surface area contributed by atoms with Crippen molar-refractivity contribution in [2.75, 3.05) is 18.8 Å². The van der Waals surface area contributed by atoms with Crippen molar-refractivity contribution in [3.63, 3.8) is 0 Å². The highest BCUT2D eigenvalue weighted by Crippen LogP contribution is 2.32. The maximum Gasteiger partial charge on any atom is 0.0425 e. The van der Waals surface area contributed by atoms with Gasteiger partial charge >= 0.3 is 0 Å². The monoisotopic (exact) mass is 207 g/mol. The summed E-state index contributed by atoms with van der Waals surface area (Å²) in [6, 6.07) is 6.76. The Morgan fingerprint density at radius 1 is 1.36 bits per heavy atom. The van der Waals surface area contributed by atoms with Crippen LogP contribution in [0.25, 0.3) is 0 Å². The number of nitrogens with one attached hydrogen (secondary N) is 1. The lowest BCUT2D eigenvalue weighted by Gasteiger charge is -2.24. The molecule has 0 spiro atoms. The number of rotatable bonds is 1. The Balaban J connectivity index is 2.24. The van der Waals surface area contributed by atoms with Crippen molar-refractivity contribution >= 4 is 11.8 Å². The summed E-state index contributed by atoms with van der Waals surface area (Å²) in [7, 11) is 0. The van der Waals surface area contributed by atoms with Crippen LogP contribution < -0.4 is 5.32 Å². The molecule has 76 valence electrons. The molecule has 0 amide bonds. The van der Waals surface area contributed by atoms with Crippen molar-refractivity contribution in [2.24, 2.45) is 0 Å². The first kappa shape index (κ1) is 10.1. The van der Waals surface area contributed by atoms with E-state index in [2.05, 4.69) is 49.1 Å². The predicted octanol–water partition coefficient (Wildman–Crippen LogP) is 2.68. The van der Waals surface area contributed by atoms with Gasteiger partial charge in [-0.2, -0.15) is 11.8 Å². The first-order chi connectivity index (χ1) is 6.77. The zero-order valence-electron chi connectivity index (χ0n) is 8.84. The van der Waals surface area contributed by atoms with Crippen LogP contribution in [0, 0.1) is 13.8 Å². The molecule has 1 unspecified atom stereocenters. The van der Waals surface area contributed by atoms with E-state index in [-0.39, 0.29) is 0 Å². The van der Waals surface area contributed by atoms with Crippen molar-refractivity contribution in [1.82, 2.24) is 5.32 Å². The van der Waals surface area contributed by atoms with Gasteiger partial charge in [0.2, 0.25) is 0 Å². The summed E-state index contributed by atoms with van der Waals surface area (Å²) < 4.78 is 0. The van der Waals surface area contributed by atoms with E-state index in [4.69, 9.17) is 0 Å². The van der Waals surface area contributed by atoms with Crippen molar-refractivity contribution in [1.29, 1.82) is 0 Å². The molecule has 0 bridgehead atoms. The third kappa shape index (κ3) is 2.12. The van der Waals surface area contributed by atoms with Crippen LogP contribution >= 0.6 is 11.8 Å². The zero-order chi connectivity index (χ0) is 9.97. The van der Waals surface area contributed by atoms with E-state index in [0.29, 0.717) is 5.25 Å². The Hall–Kier alpha value is -0.470. The van der Waals surface area contributed by atoms with Gasteiger partial charge < -0.3 is 5.32 Å². The molecule has 1 aromatic rings. The molecule has 1 fully saturated rings. The summed E-state index contributed by atoms with van der Waals surface area (Å²) >= 11 is 2.08. The summed E-state index contributed by atoms with van der Waals surface area (Å²) in [5, 5.41) is 4.12. The molecule has 0 aliphatic carbocycles. The van der Waals surface area contributed by atoms with Crippen molar-refractivity contribution < 1.29 is 0 Å². The molecule has 1 aromatic carbocycles. The molecular formula is C12H17NS. The third-order valence-corrected chi connectivity index (χ3v) is 3.97. The Kier molecular flexibility index (Phi) is 3.14. The number of thioether (sulfide) groups is 1. The fourth-order valence-corrected chi connectivity index (χ4v) is 3.09. The molecule has 0 aromatic heterocycles. The topological polar surface area (TPSA) is 12.0 Å². The second-order valence-corrected chi connectivity index (χ2v) is 5.23. The lowest BCUT2D eigenvalue weighted by molar-refractivity contribution is 0.687. The average molecular weight is 207 g/mol. The predicted molar refractivity (Wildman–Crippen MR) is 64.0 cm³/mol. The van der Waals surface area contributed by atoms with Crippen LogP contribution in [0.15, 0.2) is 18.2 Å². The normalized spacial score (nSPS) is 22.3. The molecule has 1 heterocycles. The lowest BCUT2D eigenvalue weighted by Crippen LogP contribution is -2.28. The van der Waals surface area contributed by atoms with Gasteiger partial charge in [-0.3, -0.25) is 0 Å². The third-order valence-electron chi connectivity index (χ3n) is 2.71. The van der Waals surface area contributed by atoms with E-state index in [0.717, 1.165) is 13.1 Å². The average Bonchev–Trinajstić information content (AvgIpc) is 2.23. The summed E-state index contributed by atoms with van der Waals surface area (Å²) in [6.45, 7) is 6.66. The fourth-order valence-electron chi connectivity index (χ4n) is 1.87. The van der Waals surface area contributed by atoms with Gasteiger partial charge in [0.25, 0.3) is 0 Å². The summed E-state index contributed by atoms with van der Waals surface area (Å²) in [5.41, 5.74) is 4.32. The van der Waals surface area contributed by atoms with Crippen LogP contribution in [-0.4, -0.2) is 18.8 Å². The van der Waals surface area contributed by atoms with Gasteiger partial charge in [0.1, 0.15) is 0 Å². The second-order valence-electron chi connectivity index (χ2n) is 3.92. The van der Waals surface area contributed by atoms with Crippen molar-refractivity contribution in [3.05, 3.63) is 34.9 Å². The number of benzene rings is 1. The van der Waals surface area contributed by atoms with Gasteiger partial charge in [0.15, 0.2) is 0 Å². The maximum absolute atomic E-state index is 3.46. The van der Waals surface area contributed by atoms with E-state index < -0.39 is 0 Å². The molecule has 1 saturated heterocycles. The standard InChI is InChI=1S/C12H17NS/c1-9-3-4-10(2)11(7-9)12-8-13-5-6-14-12/h3-4,7,12-13H,5-6,8H2,1-2H3. The summed E-state index contributed by atoms with van der Waals surface area (Å²) in [5.74, 6) is 1.23. The van der Waals surface area contributed by atoms with E-state index >= 15 is 0 Å². The van der Waals surface area contributed by atoms with Crippen LogP contribution in [0.3, 0.4) is 0 Å². The number of aryl methyl sites for hydroxylation is 2. The highest BCUT2D eigenvalue weighted by atomic mass is 32.2. The van der Waals surface area contributed by atoms with Crippen LogP contribution in [0.4, 0.5) is 0 Å². The molecular weight excluding hydrogens is 190 g/mol. The van der Waals surface area contributed by atoms with Gasteiger partial charge in [0, 0.05) is 24.1 Å². The van der Waals surface area contributed by atoms with Gasteiger partial charge in [0.05, 0.1) is 0 Å². The van der Waals surface area contributed by atoms with Crippen LogP contribution in [0.2, 0.25) is 0 Å². The molecule has 1 aliphatic rings. The molecule has 0 radical (unpaired) electrons. The van der Waals surface area contributed by atoms with Crippen LogP contribution in [-0.2, 0) is 0 Å². The molecule has 14 heavy (non-hydrogen) atoms. The maximum atomic E-state index is 3.46. The molecule has 1 nitrogen and oxygen atoms in total. The minimum atomic E-state index is 0.656. The van der Waals surface area contributed by atoms with Gasteiger partial charge in [-0.25, -0.2) is 0 Å². The van der Waals surface area contributed by atoms with Crippen molar-refractivity contribution in [2.45, 2.75) is 19.1 Å². The largest absolute Gasteiger partial charge is 0.314 e. The van der Waals surface area contributed by atoms with Gasteiger partial charge in [-0.15, -0.1) is 0 Å². The molecule has 2 heteroatoms.